The van der Waals surface area contributed by atoms with Gasteiger partial charge in [-0.2, -0.15) is 18.2 Å². The van der Waals surface area contributed by atoms with Crippen molar-refractivity contribution in [3.8, 4) is 0 Å². The molecule has 0 aromatic heterocycles. The summed E-state index contributed by atoms with van der Waals surface area (Å²) in [4.78, 5) is 0. The van der Waals surface area contributed by atoms with Crippen molar-refractivity contribution in [3.63, 3.8) is 0 Å². The molecule has 0 saturated carbocycles. The van der Waals surface area contributed by atoms with Gasteiger partial charge in [-0.15, -0.1) is 0 Å². The van der Waals surface area contributed by atoms with Crippen molar-refractivity contribution in [3.05, 3.63) is 30.3 Å². The Hall–Kier alpha value is 0.934. The van der Waals surface area contributed by atoms with Crippen LogP contribution in [0, 0.1) is 49.4 Å². The summed E-state index contributed by atoms with van der Waals surface area (Å²) in [6, 6.07) is 10.0. The first-order valence-corrected chi connectivity index (χ1v) is 1.67. The van der Waals surface area contributed by atoms with Crippen molar-refractivity contribution in [2.24, 2.45) is 0 Å². The Labute approximate surface area is 78.5 Å². The number of rotatable bonds is 0. The summed E-state index contributed by atoms with van der Waals surface area (Å²) in [7, 11) is 0. The van der Waals surface area contributed by atoms with E-state index in [0.29, 0.717) is 0 Å². The van der Waals surface area contributed by atoms with E-state index in [1.165, 1.54) is 0 Å². The molecule has 0 saturated heterocycles. The zero-order chi connectivity index (χ0) is 3.54. The van der Waals surface area contributed by atoms with E-state index in [9.17, 15) is 0 Å². The number of hydrogen-bond donors (Lipinski definition) is 0. The predicted molar refractivity (Wildman–Crippen MR) is 22.0 cm³/mol. The first-order valence-electron chi connectivity index (χ1n) is 1.67. The minimum Gasteiger partial charge on any atom is -0.214 e. The van der Waals surface area contributed by atoms with Gasteiger partial charge in [-0.25, -0.2) is 12.1 Å². The average molecular weight is 217 g/mol. The standard InChI is InChI=1S/C5H5.Eu/c1-2-4-5-3-1;/h1-5H;/q-1;. The first kappa shape index (κ1) is 6.93. The van der Waals surface area contributed by atoms with Gasteiger partial charge in [-0.1, -0.05) is 0 Å². The van der Waals surface area contributed by atoms with E-state index >= 15 is 0 Å². The van der Waals surface area contributed by atoms with Gasteiger partial charge in [0, 0.05) is 49.4 Å². The molecule has 0 spiro atoms. The summed E-state index contributed by atoms with van der Waals surface area (Å²) in [6.45, 7) is 0. The maximum atomic E-state index is 2.00. The van der Waals surface area contributed by atoms with Crippen LogP contribution < -0.4 is 0 Å². The van der Waals surface area contributed by atoms with Crippen molar-refractivity contribution in [2.75, 3.05) is 0 Å². The third kappa shape index (κ3) is 2.17. The smallest absolute Gasteiger partial charge is 0 e. The zero-order valence-corrected chi connectivity index (χ0v) is 5.69. The second kappa shape index (κ2) is 4.10. The van der Waals surface area contributed by atoms with Gasteiger partial charge in [0.25, 0.3) is 0 Å². The average Bonchev–Trinajstić information content (AvgIpc) is 1.76. The minimum absolute atomic E-state index is 0. The van der Waals surface area contributed by atoms with Crippen LogP contribution >= 0.6 is 0 Å². The molecule has 6 heavy (non-hydrogen) atoms. The molecule has 1 aromatic rings. The Kier molecular flexibility index (Phi) is 4.74. The Balaban J connectivity index is 0.000000250. The third-order valence-corrected chi connectivity index (χ3v) is 0.556. The topological polar surface area (TPSA) is 0 Å². The molecule has 0 bridgehead atoms. The summed E-state index contributed by atoms with van der Waals surface area (Å²) in [6.07, 6.45) is 0. The summed E-state index contributed by atoms with van der Waals surface area (Å²) < 4.78 is 0. The summed E-state index contributed by atoms with van der Waals surface area (Å²) in [5.74, 6) is 0. The third-order valence-electron chi connectivity index (χ3n) is 0.556. The van der Waals surface area contributed by atoms with E-state index in [-0.39, 0.29) is 49.4 Å². The van der Waals surface area contributed by atoms with Gasteiger partial charge in [0.2, 0.25) is 0 Å². The normalized spacial score (nSPS) is 6.67. The maximum Gasteiger partial charge on any atom is 0 e. The molecule has 1 radical (unpaired) electrons. The predicted octanol–water partition coefficient (Wildman–Crippen LogP) is 1.41. The van der Waals surface area contributed by atoms with Gasteiger partial charge in [0.05, 0.1) is 0 Å². The van der Waals surface area contributed by atoms with Crippen molar-refractivity contribution >= 4 is 0 Å². The van der Waals surface area contributed by atoms with Crippen molar-refractivity contribution < 1.29 is 49.4 Å². The minimum atomic E-state index is 0. The Morgan fingerprint density at radius 1 is 1.00 bits per heavy atom. The maximum absolute atomic E-state index is 2.00. The van der Waals surface area contributed by atoms with Crippen molar-refractivity contribution in [1.29, 1.82) is 0 Å². The molecular formula is C5H5Eu-. The molecule has 0 fully saturated rings. The number of hydrogen-bond acceptors (Lipinski definition) is 0. The van der Waals surface area contributed by atoms with Gasteiger partial charge < -0.3 is 0 Å². The van der Waals surface area contributed by atoms with Crippen LogP contribution in [0.15, 0.2) is 30.3 Å². The van der Waals surface area contributed by atoms with Gasteiger partial charge >= 0.3 is 0 Å². The first-order chi connectivity index (χ1) is 2.50. The van der Waals surface area contributed by atoms with Gasteiger partial charge in [-0.05, 0) is 0 Å². The molecule has 0 atom stereocenters. The van der Waals surface area contributed by atoms with Crippen molar-refractivity contribution in [1.82, 2.24) is 0 Å². The van der Waals surface area contributed by atoms with Gasteiger partial charge in [0.1, 0.15) is 0 Å². The molecular weight excluding hydrogens is 212 g/mol. The van der Waals surface area contributed by atoms with Gasteiger partial charge in [0.15, 0.2) is 0 Å². The van der Waals surface area contributed by atoms with E-state index < -0.39 is 0 Å². The molecule has 0 heterocycles. The van der Waals surface area contributed by atoms with Crippen LogP contribution in [0.1, 0.15) is 0 Å². The van der Waals surface area contributed by atoms with E-state index in [0.717, 1.165) is 0 Å². The van der Waals surface area contributed by atoms with Crippen LogP contribution in [0.25, 0.3) is 0 Å². The molecule has 0 aliphatic carbocycles. The van der Waals surface area contributed by atoms with E-state index in [2.05, 4.69) is 0 Å². The molecule has 0 N–H and O–H groups in total. The van der Waals surface area contributed by atoms with Crippen LogP contribution in [0.3, 0.4) is 0 Å². The summed E-state index contributed by atoms with van der Waals surface area (Å²) in [5, 5.41) is 0. The van der Waals surface area contributed by atoms with Gasteiger partial charge in [-0.3, -0.25) is 0 Å². The zero-order valence-electron chi connectivity index (χ0n) is 3.26. The SMILES string of the molecule is [Eu].c1cc[cH-]c1. The molecule has 0 amide bonds. The van der Waals surface area contributed by atoms with Crippen molar-refractivity contribution in [2.45, 2.75) is 0 Å². The van der Waals surface area contributed by atoms with Crippen LogP contribution in [0.2, 0.25) is 0 Å². The molecule has 1 rings (SSSR count). The second-order valence-electron chi connectivity index (χ2n) is 0.962. The Morgan fingerprint density at radius 3 is 1.67 bits per heavy atom. The Bertz CT molecular complexity index is 60.4. The quantitative estimate of drug-likeness (QED) is 0.576. The largest absolute Gasteiger partial charge is 0.214 e. The van der Waals surface area contributed by atoms with Crippen LogP contribution in [-0.4, -0.2) is 0 Å². The fourth-order valence-electron chi connectivity index (χ4n) is 0.321. The summed E-state index contributed by atoms with van der Waals surface area (Å²) >= 11 is 0. The Morgan fingerprint density at radius 2 is 1.50 bits per heavy atom. The van der Waals surface area contributed by atoms with E-state index in [4.69, 9.17) is 0 Å². The molecule has 0 aliphatic heterocycles. The molecule has 1 heteroatoms. The van der Waals surface area contributed by atoms with Crippen LogP contribution in [0.5, 0.6) is 0 Å². The van der Waals surface area contributed by atoms with Crippen LogP contribution in [-0.2, 0) is 0 Å². The molecule has 0 aliphatic rings. The molecule has 0 unspecified atom stereocenters. The summed E-state index contributed by atoms with van der Waals surface area (Å²) in [5.41, 5.74) is 0. The monoisotopic (exact) mass is 218 g/mol. The van der Waals surface area contributed by atoms with Crippen LogP contribution in [0.4, 0.5) is 0 Å². The fourth-order valence-corrected chi connectivity index (χ4v) is 0.321. The second-order valence-corrected chi connectivity index (χ2v) is 0.962. The van der Waals surface area contributed by atoms with E-state index in [1.54, 1.807) is 0 Å². The molecule has 33 valence electrons. The molecule has 0 nitrogen and oxygen atoms in total. The molecule has 1 aromatic carbocycles. The fraction of sp³-hybridized carbons (Fsp3) is 0. The van der Waals surface area contributed by atoms with E-state index in [1.807, 2.05) is 30.3 Å².